The number of methoxy groups -OCH3 is 1. The third-order valence-corrected chi connectivity index (χ3v) is 5.95. The Labute approximate surface area is 162 Å². The maximum absolute atomic E-state index is 5.83. The quantitative estimate of drug-likeness (QED) is 0.601. The standard InChI is InChI=1S/C19H22N4OS2/c1-24-16-9-4-3-8-15(16)23-18(17-10-7-13-26-17)20-22(19(23)25)14-21-11-5-2-6-12-21/h3-4,7-10,13H,2,5-6,11-12,14H2,1H3. The Bertz CT molecular complexity index is 923. The van der Waals surface area contributed by atoms with E-state index in [0.717, 1.165) is 41.9 Å². The van der Waals surface area contributed by atoms with Crippen LogP contribution >= 0.6 is 23.6 Å². The number of benzene rings is 1. The minimum atomic E-state index is 0.698. The van der Waals surface area contributed by atoms with Gasteiger partial charge in [-0.2, -0.15) is 0 Å². The number of likely N-dealkylation sites (tertiary alicyclic amines) is 1. The molecule has 4 rings (SSSR count). The lowest BCUT2D eigenvalue weighted by atomic mass is 10.1. The molecule has 3 aromatic rings. The third kappa shape index (κ3) is 3.34. The minimum Gasteiger partial charge on any atom is -0.495 e. The van der Waals surface area contributed by atoms with E-state index in [1.807, 2.05) is 39.6 Å². The van der Waals surface area contributed by atoms with Gasteiger partial charge in [-0.3, -0.25) is 9.47 Å². The van der Waals surface area contributed by atoms with Crippen molar-refractivity contribution >= 4 is 23.6 Å². The zero-order valence-corrected chi connectivity index (χ0v) is 16.4. The molecule has 0 bridgehead atoms. The van der Waals surface area contributed by atoms with E-state index in [0.29, 0.717) is 4.77 Å². The lowest BCUT2D eigenvalue weighted by molar-refractivity contribution is 0.172. The van der Waals surface area contributed by atoms with Crippen LogP contribution in [0.1, 0.15) is 19.3 Å². The predicted octanol–water partition coefficient (Wildman–Crippen LogP) is 4.58. The molecular formula is C19H22N4OS2. The highest BCUT2D eigenvalue weighted by Crippen LogP contribution is 2.30. The molecule has 3 heterocycles. The Morgan fingerprint density at radius 1 is 1.12 bits per heavy atom. The predicted molar refractivity (Wildman–Crippen MR) is 108 cm³/mol. The molecule has 7 heteroatoms. The van der Waals surface area contributed by atoms with Gasteiger partial charge in [-0.15, -0.1) is 16.4 Å². The molecule has 1 fully saturated rings. The molecule has 26 heavy (non-hydrogen) atoms. The maximum atomic E-state index is 5.83. The van der Waals surface area contributed by atoms with Crippen LogP contribution in [0.2, 0.25) is 0 Å². The number of para-hydroxylation sites is 2. The van der Waals surface area contributed by atoms with Crippen molar-refractivity contribution in [3.8, 4) is 22.1 Å². The molecule has 1 aliphatic rings. The third-order valence-electron chi connectivity index (χ3n) is 4.69. The molecule has 0 spiro atoms. The Morgan fingerprint density at radius 3 is 2.65 bits per heavy atom. The van der Waals surface area contributed by atoms with Crippen LogP contribution < -0.4 is 4.74 Å². The Balaban J connectivity index is 1.82. The second-order valence-electron chi connectivity index (χ2n) is 6.41. The van der Waals surface area contributed by atoms with Crippen LogP contribution in [-0.2, 0) is 6.67 Å². The first kappa shape index (κ1) is 17.5. The molecule has 1 aromatic carbocycles. The van der Waals surface area contributed by atoms with Crippen molar-refractivity contribution in [1.82, 2.24) is 19.2 Å². The second kappa shape index (κ2) is 7.73. The van der Waals surface area contributed by atoms with Gasteiger partial charge in [-0.05, 0) is 61.7 Å². The highest BCUT2D eigenvalue weighted by Gasteiger charge is 2.19. The Hall–Kier alpha value is -1.96. The minimum absolute atomic E-state index is 0.698. The van der Waals surface area contributed by atoms with Gasteiger partial charge in [0.1, 0.15) is 5.75 Å². The first-order valence-electron chi connectivity index (χ1n) is 8.87. The van der Waals surface area contributed by atoms with Gasteiger partial charge in [0, 0.05) is 0 Å². The zero-order chi connectivity index (χ0) is 17.9. The van der Waals surface area contributed by atoms with Crippen LogP contribution in [0.3, 0.4) is 0 Å². The average molecular weight is 387 g/mol. The van der Waals surface area contributed by atoms with Gasteiger partial charge in [0.15, 0.2) is 5.82 Å². The zero-order valence-electron chi connectivity index (χ0n) is 14.8. The van der Waals surface area contributed by atoms with Crippen LogP contribution in [-0.4, -0.2) is 39.4 Å². The molecule has 0 amide bonds. The largest absolute Gasteiger partial charge is 0.495 e. The van der Waals surface area contributed by atoms with Gasteiger partial charge < -0.3 is 4.74 Å². The lowest BCUT2D eigenvalue weighted by Crippen LogP contribution is -2.32. The maximum Gasteiger partial charge on any atom is 0.204 e. The van der Waals surface area contributed by atoms with E-state index in [2.05, 4.69) is 16.3 Å². The fourth-order valence-electron chi connectivity index (χ4n) is 3.39. The first-order chi connectivity index (χ1) is 12.8. The highest BCUT2D eigenvalue weighted by molar-refractivity contribution is 7.71. The van der Waals surface area contributed by atoms with Crippen molar-refractivity contribution in [2.75, 3.05) is 20.2 Å². The second-order valence-corrected chi connectivity index (χ2v) is 7.72. The van der Waals surface area contributed by atoms with Crippen LogP contribution in [0.15, 0.2) is 41.8 Å². The summed E-state index contributed by atoms with van der Waals surface area (Å²) in [5, 5.41) is 6.95. The van der Waals surface area contributed by atoms with Crippen molar-refractivity contribution in [2.45, 2.75) is 25.9 Å². The number of hydrogen-bond donors (Lipinski definition) is 0. The van der Waals surface area contributed by atoms with Crippen molar-refractivity contribution in [3.05, 3.63) is 46.5 Å². The number of nitrogens with zero attached hydrogens (tertiary/aromatic N) is 4. The smallest absolute Gasteiger partial charge is 0.204 e. The molecule has 0 atom stereocenters. The van der Waals surface area contributed by atoms with Crippen LogP contribution in [0.4, 0.5) is 0 Å². The summed E-state index contributed by atoms with van der Waals surface area (Å²) in [5.74, 6) is 1.66. The van der Waals surface area contributed by atoms with Gasteiger partial charge in [-0.1, -0.05) is 24.6 Å². The molecular weight excluding hydrogens is 364 g/mol. The molecule has 1 aliphatic heterocycles. The van der Waals surface area contributed by atoms with E-state index in [1.54, 1.807) is 18.4 Å². The van der Waals surface area contributed by atoms with E-state index in [-0.39, 0.29) is 0 Å². The van der Waals surface area contributed by atoms with Crippen molar-refractivity contribution in [2.24, 2.45) is 0 Å². The molecule has 0 N–H and O–H groups in total. The molecule has 0 unspecified atom stereocenters. The van der Waals surface area contributed by atoms with Crippen LogP contribution in [0.25, 0.3) is 16.4 Å². The van der Waals surface area contributed by atoms with Gasteiger partial charge in [0.2, 0.25) is 4.77 Å². The van der Waals surface area contributed by atoms with Crippen molar-refractivity contribution in [1.29, 1.82) is 0 Å². The summed E-state index contributed by atoms with van der Waals surface area (Å²) < 4.78 is 10.3. The Kier molecular flexibility index (Phi) is 5.19. The van der Waals surface area contributed by atoms with Gasteiger partial charge in [0.05, 0.1) is 24.3 Å². The fourth-order valence-corrected chi connectivity index (χ4v) is 4.37. The number of ether oxygens (including phenoxy) is 1. The fraction of sp³-hybridized carbons (Fsp3) is 0.368. The molecule has 1 saturated heterocycles. The molecule has 5 nitrogen and oxygen atoms in total. The van der Waals surface area contributed by atoms with E-state index in [1.165, 1.54) is 19.3 Å². The Morgan fingerprint density at radius 2 is 1.92 bits per heavy atom. The highest BCUT2D eigenvalue weighted by atomic mass is 32.1. The summed E-state index contributed by atoms with van der Waals surface area (Å²) in [6, 6.07) is 12.1. The average Bonchev–Trinajstić information content (AvgIpc) is 3.31. The number of hydrogen-bond acceptors (Lipinski definition) is 5. The van der Waals surface area contributed by atoms with E-state index >= 15 is 0 Å². The lowest BCUT2D eigenvalue weighted by Gasteiger charge is -2.25. The van der Waals surface area contributed by atoms with Crippen molar-refractivity contribution < 1.29 is 4.74 Å². The first-order valence-corrected chi connectivity index (χ1v) is 10.2. The van der Waals surface area contributed by atoms with E-state index < -0.39 is 0 Å². The number of rotatable bonds is 5. The molecule has 2 aromatic heterocycles. The summed E-state index contributed by atoms with van der Waals surface area (Å²) in [5.41, 5.74) is 0.924. The summed E-state index contributed by atoms with van der Waals surface area (Å²) in [7, 11) is 1.69. The van der Waals surface area contributed by atoms with Gasteiger partial charge in [0.25, 0.3) is 0 Å². The molecule has 136 valence electrons. The topological polar surface area (TPSA) is 35.2 Å². The number of piperidine rings is 1. The van der Waals surface area contributed by atoms with Crippen molar-refractivity contribution in [3.63, 3.8) is 0 Å². The normalized spacial score (nSPS) is 15.3. The molecule has 0 radical (unpaired) electrons. The summed E-state index contributed by atoms with van der Waals surface area (Å²) in [4.78, 5) is 3.52. The number of thiophene rings is 1. The van der Waals surface area contributed by atoms with Crippen LogP contribution in [0.5, 0.6) is 5.75 Å². The van der Waals surface area contributed by atoms with Gasteiger partial charge in [-0.25, -0.2) is 4.68 Å². The number of aromatic nitrogens is 3. The van der Waals surface area contributed by atoms with Gasteiger partial charge >= 0.3 is 0 Å². The summed E-state index contributed by atoms with van der Waals surface area (Å²) in [6.07, 6.45) is 3.81. The van der Waals surface area contributed by atoms with E-state index in [4.69, 9.17) is 22.1 Å². The molecule has 0 saturated carbocycles. The van der Waals surface area contributed by atoms with Crippen LogP contribution in [0, 0.1) is 4.77 Å². The summed E-state index contributed by atoms with van der Waals surface area (Å²) >= 11 is 7.50. The molecule has 0 aliphatic carbocycles. The van der Waals surface area contributed by atoms with E-state index in [9.17, 15) is 0 Å². The monoisotopic (exact) mass is 386 g/mol. The SMILES string of the molecule is COc1ccccc1-n1c(-c2cccs2)nn(CN2CCCCC2)c1=S. The summed E-state index contributed by atoms with van der Waals surface area (Å²) in [6.45, 7) is 2.95.